The molecule has 0 radical (unpaired) electrons. The van der Waals surface area contributed by atoms with Gasteiger partial charge in [-0.15, -0.1) is 0 Å². The minimum absolute atomic E-state index is 0.568. The van der Waals surface area contributed by atoms with Gasteiger partial charge in [-0.3, -0.25) is 4.90 Å². The minimum atomic E-state index is 0.568. The van der Waals surface area contributed by atoms with Crippen LogP contribution in [0.15, 0.2) is 18.3 Å². The Morgan fingerprint density at radius 2 is 2.29 bits per heavy atom. The van der Waals surface area contributed by atoms with Crippen molar-refractivity contribution in [1.29, 1.82) is 0 Å². The average Bonchev–Trinajstić information content (AvgIpc) is 2.44. The Morgan fingerprint density at radius 3 is 3.06 bits per heavy atom. The van der Waals surface area contributed by atoms with Crippen LogP contribution < -0.4 is 0 Å². The molecule has 17 heavy (non-hydrogen) atoms. The van der Waals surface area contributed by atoms with Crippen LogP contribution in [0.2, 0.25) is 5.15 Å². The second-order valence-corrected chi connectivity index (χ2v) is 5.25. The number of hydrogen-bond acceptors (Lipinski definition) is 3. The van der Waals surface area contributed by atoms with Crippen molar-refractivity contribution in [2.24, 2.45) is 0 Å². The van der Waals surface area contributed by atoms with Crippen molar-refractivity contribution >= 4 is 11.6 Å². The molecule has 1 aromatic rings. The molecule has 1 saturated heterocycles. The quantitative estimate of drug-likeness (QED) is 0.754. The summed E-state index contributed by atoms with van der Waals surface area (Å²) in [6, 6.07) is 4.59. The molecule has 4 heteroatoms. The van der Waals surface area contributed by atoms with E-state index in [1.807, 2.05) is 6.07 Å². The van der Waals surface area contributed by atoms with Gasteiger partial charge >= 0.3 is 0 Å². The Balaban J connectivity index is 2.05. The molecule has 1 fully saturated rings. The smallest absolute Gasteiger partial charge is 0.133 e. The van der Waals surface area contributed by atoms with E-state index < -0.39 is 0 Å². The maximum atomic E-state index is 6.11. The third-order valence-corrected chi connectivity index (χ3v) is 3.73. The summed E-state index contributed by atoms with van der Waals surface area (Å²) < 4.78 is 0. The zero-order valence-electron chi connectivity index (χ0n) is 10.6. The summed E-state index contributed by atoms with van der Waals surface area (Å²) in [5.74, 6) is 0. The summed E-state index contributed by atoms with van der Waals surface area (Å²) in [5, 5.41) is 0.636. The molecule has 0 saturated carbocycles. The molecular formula is C13H20ClN3. The fraction of sp³-hybridized carbons (Fsp3) is 0.615. The summed E-state index contributed by atoms with van der Waals surface area (Å²) in [4.78, 5) is 9.03. The van der Waals surface area contributed by atoms with Crippen LogP contribution in [0.3, 0.4) is 0 Å². The lowest BCUT2D eigenvalue weighted by molar-refractivity contribution is 0.194. The number of rotatable bonds is 2. The molecule has 2 heterocycles. The van der Waals surface area contributed by atoms with Gasteiger partial charge in [0.25, 0.3) is 0 Å². The number of halogens is 1. The van der Waals surface area contributed by atoms with Crippen LogP contribution in [0.5, 0.6) is 0 Å². The van der Waals surface area contributed by atoms with Crippen molar-refractivity contribution in [3.05, 3.63) is 29.0 Å². The zero-order chi connectivity index (χ0) is 12.3. The van der Waals surface area contributed by atoms with Gasteiger partial charge in [-0.1, -0.05) is 17.7 Å². The van der Waals surface area contributed by atoms with E-state index in [9.17, 15) is 0 Å². The first-order valence-electron chi connectivity index (χ1n) is 6.19. The molecule has 0 N–H and O–H groups in total. The summed E-state index contributed by atoms with van der Waals surface area (Å²) in [7, 11) is 2.19. The first-order valence-corrected chi connectivity index (χ1v) is 6.56. The number of likely N-dealkylation sites (N-methyl/N-ethyl adjacent to an activating group) is 1. The maximum Gasteiger partial charge on any atom is 0.133 e. The van der Waals surface area contributed by atoms with Crippen LogP contribution in [-0.2, 0) is 6.54 Å². The highest BCUT2D eigenvalue weighted by molar-refractivity contribution is 6.30. The Morgan fingerprint density at radius 1 is 1.47 bits per heavy atom. The molecule has 0 amide bonds. The summed E-state index contributed by atoms with van der Waals surface area (Å²) >= 11 is 6.11. The SMILES string of the molecule is CC1CN(C)CCCN1Cc1cccnc1Cl. The van der Waals surface area contributed by atoms with Crippen LogP contribution in [0, 0.1) is 0 Å². The lowest BCUT2D eigenvalue weighted by Gasteiger charge is -2.27. The highest BCUT2D eigenvalue weighted by Crippen LogP contribution is 2.17. The van der Waals surface area contributed by atoms with E-state index in [2.05, 4.69) is 34.8 Å². The molecule has 3 nitrogen and oxygen atoms in total. The van der Waals surface area contributed by atoms with E-state index in [0.717, 1.165) is 25.2 Å². The molecule has 94 valence electrons. The van der Waals surface area contributed by atoms with Crippen LogP contribution in [0.25, 0.3) is 0 Å². The second kappa shape index (κ2) is 5.80. The minimum Gasteiger partial charge on any atom is -0.305 e. The number of hydrogen-bond donors (Lipinski definition) is 0. The predicted octanol–water partition coefficient (Wildman–Crippen LogP) is 2.26. The molecule has 0 aromatic carbocycles. The monoisotopic (exact) mass is 253 g/mol. The van der Waals surface area contributed by atoms with E-state index in [1.54, 1.807) is 6.20 Å². The molecule has 0 spiro atoms. The molecule has 1 aromatic heterocycles. The summed E-state index contributed by atoms with van der Waals surface area (Å²) in [5.41, 5.74) is 1.13. The van der Waals surface area contributed by atoms with Crippen molar-refractivity contribution in [2.45, 2.75) is 25.9 Å². The van der Waals surface area contributed by atoms with Crippen LogP contribution in [-0.4, -0.2) is 47.5 Å². The molecule has 0 bridgehead atoms. The van der Waals surface area contributed by atoms with Gasteiger partial charge in [-0.05, 0) is 33.0 Å². The normalized spacial score (nSPS) is 23.6. The van der Waals surface area contributed by atoms with Gasteiger partial charge in [0.2, 0.25) is 0 Å². The summed E-state index contributed by atoms with van der Waals surface area (Å²) in [6.45, 7) is 6.63. The predicted molar refractivity (Wildman–Crippen MR) is 71.2 cm³/mol. The molecule has 1 unspecified atom stereocenters. The molecular weight excluding hydrogens is 234 g/mol. The van der Waals surface area contributed by atoms with Gasteiger partial charge in [-0.2, -0.15) is 0 Å². The van der Waals surface area contributed by atoms with Gasteiger partial charge in [0, 0.05) is 37.4 Å². The Hall–Kier alpha value is -0.640. The topological polar surface area (TPSA) is 19.4 Å². The third-order valence-electron chi connectivity index (χ3n) is 3.39. The van der Waals surface area contributed by atoms with Crippen molar-refractivity contribution in [2.75, 3.05) is 26.7 Å². The molecule has 1 aliphatic rings. The van der Waals surface area contributed by atoms with Crippen LogP contribution in [0.4, 0.5) is 0 Å². The average molecular weight is 254 g/mol. The highest BCUT2D eigenvalue weighted by Gasteiger charge is 2.20. The lowest BCUT2D eigenvalue weighted by atomic mass is 10.2. The van der Waals surface area contributed by atoms with E-state index in [-0.39, 0.29) is 0 Å². The van der Waals surface area contributed by atoms with Gasteiger partial charge in [0.05, 0.1) is 0 Å². The molecule has 0 aliphatic carbocycles. The van der Waals surface area contributed by atoms with Crippen molar-refractivity contribution < 1.29 is 0 Å². The van der Waals surface area contributed by atoms with Crippen molar-refractivity contribution in [1.82, 2.24) is 14.8 Å². The Kier molecular flexibility index (Phi) is 4.37. The first kappa shape index (κ1) is 12.8. The third kappa shape index (κ3) is 3.41. The van der Waals surface area contributed by atoms with Gasteiger partial charge in [0.15, 0.2) is 0 Å². The zero-order valence-corrected chi connectivity index (χ0v) is 11.3. The van der Waals surface area contributed by atoms with Crippen molar-refractivity contribution in [3.8, 4) is 0 Å². The van der Waals surface area contributed by atoms with E-state index in [1.165, 1.54) is 13.0 Å². The fourth-order valence-corrected chi connectivity index (χ4v) is 2.59. The van der Waals surface area contributed by atoms with Crippen molar-refractivity contribution in [3.63, 3.8) is 0 Å². The van der Waals surface area contributed by atoms with Gasteiger partial charge in [0.1, 0.15) is 5.15 Å². The number of nitrogens with zero attached hydrogens (tertiary/aromatic N) is 3. The van der Waals surface area contributed by atoms with E-state index >= 15 is 0 Å². The van der Waals surface area contributed by atoms with Crippen LogP contribution >= 0.6 is 11.6 Å². The standard InChI is InChI=1S/C13H20ClN3/c1-11-9-16(2)7-4-8-17(11)10-12-5-3-6-15-13(12)14/h3,5-6,11H,4,7-10H2,1-2H3. The number of aromatic nitrogens is 1. The molecule has 2 rings (SSSR count). The van der Waals surface area contributed by atoms with Gasteiger partial charge < -0.3 is 4.90 Å². The lowest BCUT2D eigenvalue weighted by Crippen LogP contribution is -2.37. The Bertz CT molecular complexity index is 369. The fourth-order valence-electron chi connectivity index (χ4n) is 2.41. The number of pyridine rings is 1. The molecule has 1 atom stereocenters. The second-order valence-electron chi connectivity index (χ2n) is 4.89. The van der Waals surface area contributed by atoms with Crippen LogP contribution in [0.1, 0.15) is 18.9 Å². The highest BCUT2D eigenvalue weighted by atomic mass is 35.5. The van der Waals surface area contributed by atoms with E-state index in [0.29, 0.717) is 11.2 Å². The van der Waals surface area contributed by atoms with Gasteiger partial charge in [-0.25, -0.2) is 4.98 Å². The van der Waals surface area contributed by atoms with E-state index in [4.69, 9.17) is 11.6 Å². The molecule has 1 aliphatic heterocycles. The largest absolute Gasteiger partial charge is 0.305 e. The summed E-state index contributed by atoms with van der Waals surface area (Å²) in [6.07, 6.45) is 2.96. The first-order chi connectivity index (χ1) is 8.16. The Labute approximate surface area is 108 Å². The maximum absolute atomic E-state index is 6.11.